The number of nitrogens with zero attached hydrogens (tertiary/aromatic N) is 3. The highest BCUT2D eigenvalue weighted by Gasteiger charge is 2.31. The predicted octanol–water partition coefficient (Wildman–Crippen LogP) is 4.82. The molecular formula is C29H33F4N3O6. The molecule has 0 aliphatic heterocycles. The number of amides is 1. The van der Waals surface area contributed by atoms with Crippen molar-refractivity contribution >= 4 is 11.9 Å². The summed E-state index contributed by atoms with van der Waals surface area (Å²) in [6, 6.07) is 10.7. The molecule has 9 nitrogen and oxygen atoms in total. The lowest BCUT2D eigenvalue weighted by molar-refractivity contribution is -0.274. The van der Waals surface area contributed by atoms with Crippen LogP contribution in [0.1, 0.15) is 66.3 Å². The summed E-state index contributed by atoms with van der Waals surface area (Å²) in [7, 11) is 1.48. The van der Waals surface area contributed by atoms with Gasteiger partial charge in [-0.25, -0.2) is 9.07 Å². The third-order valence-electron chi connectivity index (χ3n) is 6.44. The van der Waals surface area contributed by atoms with Crippen molar-refractivity contribution in [3.63, 3.8) is 0 Å². The number of aliphatic carboxylic acids is 1. The Morgan fingerprint density at radius 1 is 1.07 bits per heavy atom. The second-order valence-electron chi connectivity index (χ2n) is 10.3. The zero-order valence-corrected chi connectivity index (χ0v) is 23.3. The summed E-state index contributed by atoms with van der Waals surface area (Å²) in [6.45, 7) is 3.64. The first-order valence-electron chi connectivity index (χ1n) is 13.2. The number of aromatic nitrogens is 2. The number of hydrogen-bond acceptors (Lipinski definition) is 6. The van der Waals surface area contributed by atoms with Crippen LogP contribution in [0, 0.1) is 5.82 Å². The highest BCUT2D eigenvalue weighted by Crippen LogP contribution is 2.30. The van der Waals surface area contributed by atoms with E-state index in [1.165, 1.54) is 53.0 Å². The molecule has 0 aliphatic rings. The molecule has 3 N–H and O–H groups in total. The van der Waals surface area contributed by atoms with Crippen LogP contribution in [0.3, 0.4) is 0 Å². The number of aliphatic hydroxyl groups is 2. The number of carbonyl (C=O) groups is 2. The minimum atomic E-state index is -4.86. The average molecular weight is 596 g/mol. The highest BCUT2D eigenvalue weighted by atomic mass is 19.4. The zero-order chi connectivity index (χ0) is 31.2. The molecule has 13 heteroatoms. The number of hydrogen-bond donors (Lipinski definition) is 3. The van der Waals surface area contributed by atoms with Gasteiger partial charge in [-0.1, -0.05) is 26.0 Å². The van der Waals surface area contributed by atoms with E-state index in [0.29, 0.717) is 22.5 Å². The topological polar surface area (TPSA) is 125 Å². The third-order valence-corrected chi connectivity index (χ3v) is 6.44. The maximum atomic E-state index is 13.7. The number of carbonyl (C=O) groups excluding carboxylic acids is 1. The van der Waals surface area contributed by atoms with E-state index in [9.17, 15) is 37.4 Å². The van der Waals surface area contributed by atoms with Gasteiger partial charge in [0.15, 0.2) is 5.69 Å². The van der Waals surface area contributed by atoms with E-state index in [2.05, 4.69) is 9.84 Å². The Morgan fingerprint density at radius 2 is 1.74 bits per heavy atom. The summed E-state index contributed by atoms with van der Waals surface area (Å²) in [6.07, 6.45) is -7.54. The van der Waals surface area contributed by atoms with Crippen molar-refractivity contribution in [1.29, 1.82) is 0 Å². The van der Waals surface area contributed by atoms with Crippen molar-refractivity contribution in [2.75, 3.05) is 7.05 Å². The van der Waals surface area contributed by atoms with Crippen molar-refractivity contribution in [2.45, 2.75) is 70.6 Å². The van der Waals surface area contributed by atoms with Crippen molar-refractivity contribution in [2.24, 2.45) is 0 Å². The number of alkyl halides is 3. The predicted molar refractivity (Wildman–Crippen MR) is 144 cm³/mol. The summed E-state index contributed by atoms with van der Waals surface area (Å²) in [5.74, 6) is -2.84. The normalized spacial score (nSPS) is 13.2. The quantitative estimate of drug-likeness (QED) is 0.242. The standard InChI is InChI=1S/C29H33F4N3O6/c1-17(2)26-24(12-11-21(37)14-22(38)15-25(39)40)36(20-9-7-19(30)8-10-20)34-27(26)28(41)35(3)16-18-5-4-6-23(13-18)42-29(31,32)33/h4-10,13,17,21-22,37-38H,11-12,14-16H2,1-3H3,(H,39,40). The molecular weight excluding hydrogens is 562 g/mol. The fourth-order valence-electron chi connectivity index (χ4n) is 4.65. The van der Waals surface area contributed by atoms with Gasteiger partial charge in [0.25, 0.3) is 5.91 Å². The van der Waals surface area contributed by atoms with E-state index in [-0.39, 0.29) is 37.4 Å². The fraction of sp³-hybridized carbons (Fsp3) is 0.414. The fourth-order valence-corrected chi connectivity index (χ4v) is 4.65. The van der Waals surface area contributed by atoms with Gasteiger partial charge in [-0.15, -0.1) is 13.2 Å². The Balaban J connectivity index is 1.93. The summed E-state index contributed by atoms with van der Waals surface area (Å²) in [5, 5.41) is 33.8. The van der Waals surface area contributed by atoms with Gasteiger partial charge in [-0.3, -0.25) is 9.59 Å². The van der Waals surface area contributed by atoms with Gasteiger partial charge in [0, 0.05) is 24.8 Å². The van der Waals surface area contributed by atoms with Gasteiger partial charge < -0.3 is 25.0 Å². The number of rotatable bonds is 13. The second kappa shape index (κ2) is 13.8. The molecule has 0 spiro atoms. The van der Waals surface area contributed by atoms with E-state index < -0.39 is 48.4 Å². The first-order valence-corrected chi connectivity index (χ1v) is 13.2. The molecule has 0 bridgehead atoms. The first kappa shape index (κ1) is 32.5. The zero-order valence-electron chi connectivity index (χ0n) is 23.3. The Morgan fingerprint density at radius 3 is 2.33 bits per heavy atom. The van der Waals surface area contributed by atoms with Gasteiger partial charge in [-0.05, 0) is 67.1 Å². The minimum Gasteiger partial charge on any atom is -0.481 e. The van der Waals surface area contributed by atoms with Gasteiger partial charge in [0.2, 0.25) is 0 Å². The molecule has 0 fully saturated rings. The van der Waals surface area contributed by atoms with E-state index in [1.54, 1.807) is 6.07 Å². The van der Waals surface area contributed by atoms with Crippen LogP contribution in [-0.4, -0.2) is 67.5 Å². The SMILES string of the molecule is CC(C)c1c(C(=O)N(C)Cc2cccc(OC(F)(F)F)c2)nn(-c2ccc(F)cc2)c1CCC(O)CC(O)CC(=O)O. The van der Waals surface area contributed by atoms with Crippen molar-refractivity contribution < 1.29 is 47.2 Å². The van der Waals surface area contributed by atoms with Gasteiger partial charge in [0.1, 0.15) is 11.6 Å². The Kier molecular flexibility index (Phi) is 10.7. The van der Waals surface area contributed by atoms with Crippen LogP contribution in [0.5, 0.6) is 5.75 Å². The minimum absolute atomic E-state index is 0.0512. The maximum Gasteiger partial charge on any atom is 0.573 e. The third kappa shape index (κ3) is 9.02. The van der Waals surface area contributed by atoms with Crippen molar-refractivity contribution in [1.82, 2.24) is 14.7 Å². The molecule has 1 aromatic heterocycles. The summed E-state index contributed by atoms with van der Waals surface area (Å²) in [4.78, 5) is 25.8. The molecule has 228 valence electrons. The molecule has 2 aromatic carbocycles. The summed E-state index contributed by atoms with van der Waals surface area (Å²) in [5.41, 5.74) is 2.03. The van der Waals surface area contributed by atoms with Gasteiger partial charge >= 0.3 is 12.3 Å². The molecule has 3 rings (SSSR count). The Labute approximate surface area is 240 Å². The summed E-state index contributed by atoms with van der Waals surface area (Å²) < 4.78 is 57.1. The molecule has 0 saturated heterocycles. The highest BCUT2D eigenvalue weighted by molar-refractivity contribution is 5.94. The smallest absolute Gasteiger partial charge is 0.481 e. The lowest BCUT2D eigenvalue weighted by Gasteiger charge is -2.19. The van der Waals surface area contributed by atoms with Crippen molar-refractivity contribution in [3.8, 4) is 11.4 Å². The number of aliphatic hydroxyl groups excluding tert-OH is 2. The van der Waals surface area contributed by atoms with Crippen LogP contribution in [0.15, 0.2) is 48.5 Å². The van der Waals surface area contributed by atoms with Crippen molar-refractivity contribution in [3.05, 3.63) is 76.9 Å². The van der Waals surface area contributed by atoms with Crippen LogP contribution >= 0.6 is 0 Å². The van der Waals surface area contributed by atoms with E-state index >= 15 is 0 Å². The summed E-state index contributed by atoms with van der Waals surface area (Å²) >= 11 is 0. The first-order chi connectivity index (χ1) is 19.6. The molecule has 3 aromatic rings. The van der Waals surface area contributed by atoms with E-state index in [4.69, 9.17) is 5.11 Å². The Hall–Kier alpha value is -3.97. The molecule has 1 heterocycles. The van der Waals surface area contributed by atoms with Gasteiger partial charge in [0.05, 0.1) is 24.3 Å². The number of ether oxygens (including phenoxy) is 1. The van der Waals surface area contributed by atoms with Crippen LogP contribution in [0.25, 0.3) is 5.69 Å². The molecule has 2 atom stereocenters. The molecule has 1 amide bonds. The molecule has 42 heavy (non-hydrogen) atoms. The molecule has 0 radical (unpaired) electrons. The monoisotopic (exact) mass is 595 g/mol. The lowest BCUT2D eigenvalue weighted by Crippen LogP contribution is -2.28. The second-order valence-corrected chi connectivity index (χ2v) is 10.3. The van der Waals surface area contributed by atoms with E-state index in [0.717, 1.165) is 6.07 Å². The largest absolute Gasteiger partial charge is 0.573 e. The maximum absolute atomic E-state index is 13.7. The van der Waals surface area contributed by atoms with Crippen LogP contribution in [0.4, 0.5) is 17.6 Å². The Bertz CT molecular complexity index is 1370. The number of halogens is 4. The van der Waals surface area contributed by atoms with Crippen LogP contribution in [-0.2, 0) is 17.8 Å². The molecule has 0 aliphatic carbocycles. The number of carboxylic acid groups (broad SMARTS) is 1. The lowest BCUT2D eigenvalue weighted by atomic mass is 9.95. The molecule has 0 saturated carbocycles. The van der Waals surface area contributed by atoms with Gasteiger partial charge in [-0.2, -0.15) is 5.10 Å². The van der Waals surface area contributed by atoms with Crippen LogP contribution in [0.2, 0.25) is 0 Å². The number of benzene rings is 2. The number of carboxylic acids is 1. The molecule has 2 unspecified atom stereocenters. The van der Waals surface area contributed by atoms with E-state index in [1.807, 2.05) is 13.8 Å². The average Bonchev–Trinajstić information content (AvgIpc) is 3.25. The van der Waals surface area contributed by atoms with Crippen LogP contribution < -0.4 is 4.74 Å².